The van der Waals surface area contributed by atoms with Crippen LogP contribution in [-0.4, -0.2) is 21.3 Å². The van der Waals surface area contributed by atoms with Crippen molar-refractivity contribution >= 4 is 11.7 Å². The molecule has 1 heterocycles. The molecule has 1 aliphatic carbocycles. The fourth-order valence-electron chi connectivity index (χ4n) is 2.05. The van der Waals surface area contributed by atoms with Crippen molar-refractivity contribution in [1.29, 1.82) is 0 Å². The van der Waals surface area contributed by atoms with Gasteiger partial charge in [0.05, 0.1) is 5.54 Å². The number of nitrogens with zero attached hydrogens (tertiary/aromatic N) is 2. The highest BCUT2D eigenvalue weighted by Crippen LogP contribution is 2.45. The highest BCUT2D eigenvalue weighted by molar-refractivity contribution is 5.96. The quantitative estimate of drug-likeness (QED) is 0.743. The maximum atomic E-state index is 12.0. The summed E-state index contributed by atoms with van der Waals surface area (Å²) in [5.74, 6) is -0.168. The lowest BCUT2D eigenvalue weighted by Crippen LogP contribution is -2.35. The van der Waals surface area contributed by atoms with Gasteiger partial charge in [-0.2, -0.15) is 5.21 Å². The van der Waals surface area contributed by atoms with Crippen LogP contribution in [0.2, 0.25) is 0 Å². The average molecular weight is 243 g/mol. The first kappa shape index (κ1) is 10.8. The van der Waals surface area contributed by atoms with Gasteiger partial charge in [0.25, 0.3) is 5.91 Å². The summed E-state index contributed by atoms with van der Waals surface area (Å²) in [6.07, 6.45) is 1.86. The number of nitrogens with two attached hydrogens (primary N) is 1. The van der Waals surface area contributed by atoms with Crippen LogP contribution in [0, 0.1) is 0 Å². The molecule has 1 saturated carbocycles. The number of aromatic nitrogens is 3. The van der Waals surface area contributed by atoms with Crippen molar-refractivity contribution in [2.45, 2.75) is 18.4 Å². The predicted octanol–water partition coefficient (Wildman–Crippen LogP) is 0.806. The zero-order valence-corrected chi connectivity index (χ0v) is 9.68. The lowest BCUT2D eigenvalue weighted by Gasteiger charge is -2.17. The van der Waals surface area contributed by atoms with E-state index < -0.39 is 0 Å². The molecular weight excluding hydrogens is 230 g/mol. The van der Waals surface area contributed by atoms with Crippen LogP contribution in [0.25, 0.3) is 0 Å². The van der Waals surface area contributed by atoms with Gasteiger partial charge in [-0.1, -0.05) is 30.3 Å². The molecule has 6 heteroatoms. The predicted molar refractivity (Wildman–Crippen MR) is 65.6 cm³/mol. The van der Waals surface area contributed by atoms with E-state index in [9.17, 15) is 4.79 Å². The van der Waals surface area contributed by atoms with Gasteiger partial charge in [0, 0.05) is 0 Å². The average Bonchev–Trinajstić information content (AvgIpc) is 3.04. The molecule has 0 radical (unpaired) electrons. The van der Waals surface area contributed by atoms with Crippen LogP contribution >= 0.6 is 0 Å². The Bertz CT molecular complexity index is 573. The molecule has 1 aromatic carbocycles. The summed E-state index contributed by atoms with van der Waals surface area (Å²) in [6.45, 7) is 0. The van der Waals surface area contributed by atoms with E-state index in [0.29, 0.717) is 0 Å². The van der Waals surface area contributed by atoms with E-state index in [1.807, 2.05) is 30.3 Å². The molecule has 0 bridgehead atoms. The first-order chi connectivity index (χ1) is 8.71. The Labute approximate surface area is 104 Å². The minimum Gasteiger partial charge on any atom is -0.380 e. The molecule has 2 aromatic rings. The first-order valence-corrected chi connectivity index (χ1v) is 5.76. The smallest absolute Gasteiger partial charge is 0.276 e. The number of nitrogen functional groups attached to an aromatic ring is 1. The van der Waals surface area contributed by atoms with Crippen LogP contribution in [0.1, 0.15) is 28.9 Å². The number of rotatable bonds is 3. The molecule has 1 amide bonds. The van der Waals surface area contributed by atoms with Gasteiger partial charge >= 0.3 is 0 Å². The zero-order chi connectivity index (χ0) is 12.6. The molecule has 4 N–H and O–H groups in total. The Balaban J connectivity index is 1.82. The Morgan fingerprint density at radius 3 is 2.56 bits per heavy atom. The van der Waals surface area contributed by atoms with Gasteiger partial charge in [-0.05, 0) is 18.4 Å². The summed E-state index contributed by atoms with van der Waals surface area (Å²) in [5.41, 5.74) is 6.56. The monoisotopic (exact) mass is 243 g/mol. The van der Waals surface area contributed by atoms with Gasteiger partial charge < -0.3 is 11.1 Å². The maximum absolute atomic E-state index is 12.0. The fraction of sp³-hybridized carbons (Fsp3) is 0.250. The van der Waals surface area contributed by atoms with Crippen molar-refractivity contribution in [1.82, 2.24) is 20.7 Å². The molecule has 6 nitrogen and oxygen atoms in total. The number of amides is 1. The van der Waals surface area contributed by atoms with Crippen LogP contribution in [0.3, 0.4) is 0 Å². The number of carbonyl (C=O) groups excluding carboxylic acids is 1. The van der Waals surface area contributed by atoms with Gasteiger partial charge in [0.2, 0.25) is 0 Å². The van der Waals surface area contributed by atoms with E-state index >= 15 is 0 Å². The van der Waals surface area contributed by atoms with Gasteiger partial charge in [0.15, 0.2) is 11.5 Å². The molecule has 92 valence electrons. The van der Waals surface area contributed by atoms with Gasteiger partial charge in [-0.25, -0.2) is 0 Å². The van der Waals surface area contributed by atoms with E-state index in [4.69, 9.17) is 5.73 Å². The number of hydrogen-bond donors (Lipinski definition) is 3. The summed E-state index contributed by atoms with van der Waals surface area (Å²) >= 11 is 0. The van der Waals surface area contributed by atoms with Crippen molar-refractivity contribution in [3.8, 4) is 0 Å². The Morgan fingerprint density at radius 2 is 2.00 bits per heavy atom. The number of carbonyl (C=O) groups is 1. The van der Waals surface area contributed by atoms with Crippen LogP contribution in [-0.2, 0) is 5.54 Å². The highest BCUT2D eigenvalue weighted by atomic mass is 16.2. The topological polar surface area (TPSA) is 96.7 Å². The second-order valence-corrected chi connectivity index (χ2v) is 4.46. The van der Waals surface area contributed by atoms with Gasteiger partial charge in [-0.15, -0.1) is 10.2 Å². The van der Waals surface area contributed by atoms with Gasteiger partial charge in [0.1, 0.15) is 0 Å². The van der Waals surface area contributed by atoms with Crippen LogP contribution in [0.5, 0.6) is 0 Å². The number of anilines is 1. The fourth-order valence-corrected chi connectivity index (χ4v) is 2.05. The minimum atomic E-state index is -0.289. The first-order valence-electron chi connectivity index (χ1n) is 5.76. The third kappa shape index (κ3) is 1.71. The zero-order valence-electron chi connectivity index (χ0n) is 9.68. The largest absolute Gasteiger partial charge is 0.380 e. The Morgan fingerprint density at radius 1 is 1.28 bits per heavy atom. The number of benzene rings is 1. The molecular formula is C12H13N5O. The molecule has 1 aliphatic rings. The summed E-state index contributed by atoms with van der Waals surface area (Å²) in [5, 5.41) is 12.7. The van der Waals surface area contributed by atoms with Crippen LogP contribution in [0.4, 0.5) is 5.82 Å². The summed E-state index contributed by atoms with van der Waals surface area (Å²) in [4.78, 5) is 12.0. The van der Waals surface area contributed by atoms with E-state index in [0.717, 1.165) is 18.4 Å². The number of nitrogens with one attached hydrogen (secondary N) is 2. The van der Waals surface area contributed by atoms with E-state index in [1.165, 1.54) is 0 Å². The summed E-state index contributed by atoms with van der Waals surface area (Å²) < 4.78 is 0. The lowest BCUT2D eigenvalue weighted by molar-refractivity contribution is 0.0926. The maximum Gasteiger partial charge on any atom is 0.276 e. The van der Waals surface area contributed by atoms with E-state index in [1.54, 1.807) is 0 Å². The molecule has 0 spiro atoms. The minimum absolute atomic E-state index is 0.122. The third-order valence-electron chi connectivity index (χ3n) is 3.22. The second kappa shape index (κ2) is 3.83. The number of aromatic amines is 1. The molecule has 3 rings (SSSR count). The molecule has 18 heavy (non-hydrogen) atoms. The number of hydrogen-bond acceptors (Lipinski definition) is 4. The van der Waals surface area contributed by atoms with E-state index in [2.05, 4.69) is 20.7 Å². The standard InChI is InChI=1S/C12H13N5O/c13-10-9(15-17-16-10)11(18)14-12(6-7-12)8-4-2-1-3-5-8/h1-5H,6-7H2,(H,14,18)(H3,13,15,16,17). The summed E-state index contributed by atoms with van der Waals surface area (Å²) in [6, 6.07) is 9.91. The third-order valence-corrected chi connectivity index (χ3v) is 3.22. The van der Waals surface area contributed by atoms with Crippen LogP contribution < -0.4 is 11.1 Å². The molecule has 0 saturated heterocycles. The Hall–Kier alpha value is -2.37. The molecule has 1 aromatic heterocycles. The summed E-state index contributed by atoms with van der Waals surface area (Å²) in [7, 11) is 0. The van der Waals surface area contributed by atoms with Crippen molar-refractivity contribution < 1.29 is 4.79 Å². The second-order valence-electron chi connectivity index (χ2n) is 4.46. The van der Waals surface area contributed by atoms with Crippen molar-refractivity contribution in [3.63, 3.8) is 0 Å². The Kier molecular flexibility index (Phi) is 2.29. The van der Waals surface area contributed by atoms with Crippen molar-refractivity contribution in [2.75, 3.05) is 5.73 Å². The van der Waals surface area contributed by atoms with Gasteiger partial charge in [-0.3, -0.25) is 4.79 Å². The normalized spacial score (nSPS) is 16.2. The lowest BCUT2D eigenvalue weighted by atomic mass is 10.0. The molecule has 0 unspecified atom stereocenters. The van der Waals surface area contributed by atoms with Crippen molar-refractivity contribution in [3.05, 3.63) is 41.6 Å². The SMILES string of the molecule is Nc1n[nH]nc1C(=O)NC1(c2ccccc2)CC1. The molecule has 1 fully saturated rings. The highest BCUT2D eigenvalue weighted by Gasteiger charge is 2.46. The number of H-pyrrole nitrogens is 1. The van der Waals surface area contributed by atoms with E-state index in [-0.39, 0.29) is 23.0 Å². The molecule has 0 atom stereocenters. The van der Waals surface area contributed by atoms with Crippen LogP contribution in [0.15, 0.2) is 30.3 Å². The molecule has 0 aliphatic heterocycles. The van der Waals surface area contributed by atoms with Crippen molar-refractivity contribution in [2.24, 2.45) is 0 Å².